The number of methoxy groups -OCH3 is 1. The molecule has 6 atom stereocenters. The number of ether oxygens (including phenoxy) is 2. The summed E-state index contributed by atoms with van der Waals surface area (Å²) in [5.74, 6) is 0.534. The number of rotatable bonds is 5. The van der Waals surface area contributed by atoms with Gasteiger partial charge in [-0.05, 0) is 50.7 Å². The Hall–Kier alpha value is -2.60. The molecule has 1 aliphatic carbocycles. The van der Waals surface area contributed by atoms with Crippen molar-refractivity contribution < 1.29 is 32.2 Å². The predicted octanol–water partition coefficient (Wildman–Crippen LogP) is 3.14. The van der Waals surface area contributed by atoms with Gasteiger partial charge in [0.2, 0.25) is 5.91 Å². The van der Waals surface area contributed by atoms with Crippen LogP contribution in [0, 0.1) is 11.3 Å². The van der Waals surface area contributed by atoms with Crippen LogP contribution in [-0.2, 0) is 20.4 Å². The first-order valence-electron chi connectivity index (χ1n) is 13.9. The lowest BCUT2D eigenvalue weighted by Gasteiger charge is -2.39. The molecule has 12 heteroatoms. The zero-order valence-electron chi connectivity index (χ0n) is 22.7. The summed E-state index contributed by atoms with van der Waals surface area (Å²) in [5.41, 5.74) is -1.19. The van der Waals surface area contributed by atoms with Crippen molar-refractivity contribution in [1.29, 1.82) is 0 Å². The molecule has 0 radical (unpaired) electrons. The summed E-state index contributed by atoms with van der Waals surface area (Å²) < 4.78 is 50.7. The summed E-state index contributed by atoms with van der Waals surface area (Å²) >= 11 is 0. The molecular formula is C27H38F3N5O4. The van der Waals surface area contributed by atoms with E-state index in [2.05, 4.69) is 17.2 Å². The Morgan fingerprint density at radius 3 is 2.74 bits per heavy atom. The number of likely N-dealkylation sites (tertiary alicyclic amines) is 1. The number of nitrogens with zero attached hydrogens (tertiary/aromatic N) is 4. The molecule has 1 aromatic heterocycles. The number of fused-ring (bicyclic) bond motifs is 1. The maximum atomic E-state index is 13.8. The molecule has 4 fully saturated rings. The number of pyridine rings is 1. The lowest BCUT2D eigenvalue weighted by molar-refractivity contribution is -0.138. The average Bonchev–Trinajstić information content (AvgIpc) is 3.44. The van der Waals surface area contributed by atoms with E-state index in [0.29, 0.717) is 45.1 Å². The third kappa shape index (κ3) is 5.17. The van der Waals surface area contributed by atoms with Crippen molar-refractivity contribution in [2.24, 2.45) is 11.3 Å². The fraction of sp³-hybridized carbons (Fsp3) is 0.741. The van der Waals surface area contributed by atoms with Crippen molar-refractivity contribution in [2.45, 2.75) is 69.9 Å². The zero-order chi connectivity index (χ0) is 27.9. The van der Waals surface area contributed by atoms with Gasteiger partial charge in [0.25, 0.3) is 0 Å². The molecule has 1 aromatic rings. The third-order valence-corrected chi connectivity index (χ3v) is 9.34. The summed E-state index contributed by atoms with van der Waals surface area (Å²) in [6, 6.07) is 2.23. The van der Waals surface area contributed by atoms with Crippen molar-refractivity contribution in [3.8, 4) is 0 Å². The Morgan fingerprint density at radius 1 is 1.23 bits per heavy atom. The van der Waals surface area contributed by atoms with Crippen molar-refractivity contribution in [2.75, 3.05) is 51.3 Å². The Kier molecular flexibility index (Phi) is 7.71. The molecule has 216 valence electrons. The monoisotopic (exact) mass is 553 g/mol. The van der Waals surface area contributed by atoms with E-state index in [9.17, 15) is 22.8 Å². The highest BCUT2D eigenvalue weighted by atomic mass is 19.4. The Labute approximate surface area is 227 Å². The van der Waals surface area contributed by atoms with E-state index in [1.807, 2.05) is 9.80 Å². The average molecular weight is 554 g/mol. The number of amides is 2. The van der Waals surface area contributed by atoms with Gasteiger partial charge in [-0.15, -0.1) is 0 Å². The number of piperidine rings is 1. The Morgan fingerprint density at radius 2 is 2.03 bits per heavy atom. The molecule has 39 heavy (non-hydrogen) atoms. The van der Waals surface area contributed by atoms with Gasteiger partial charge >= 0.3 is 12.3 Å². The second-order valence-corrected chi connectivity index (χ2v) is 11.3. The second kappa shape index (κ2) is 10.8. The number of carbonyl (C=O) groups excluding carboxylic acids is 2. The lowest BCUT2D eigenvalue weighted by atomic mass is 9.74. The van der Waals surface area contributed by atoms with Gasteiger partial charge in [0, 0.05) is 51.6 Å². The van der Waals surface area contributed by atoms with Gasteiger partial charge < -0.3 is 29.5 Å². The number of aromatic nitrogens is 1. The topological polar surface area (TPSA) is 87.2 Å². The SMILES string of the molecule is CCOC(=O)N1CCC(N[C@@H]2CC[C@@]3(C2)C(=O)N2CCN(c4cc(C(F)(F)F)ccn4)CC2C3C)C(OC)C1. The van der Waals surface area contributed by atoms with Crippen LogP contribution in [0.4, 0.5) is 23.8 Å². The van der Waals surface area contributed by atoms with Crippen molar-refractivity contribution in [3.63, 3.8) is 0 Å². The number of piperazine rings is 1. The quantitative estimate of drug-likeness (QED) is 0.600. The van der Waals surface area contributed by atoms with Crippen LogP contribution >= 0.6 is 0 Å². The predicted molar refractivity (Wildman–Crippen MR) is 137 cm³/mol. The molecule has 2 amide bonds. The maximum absolute atomic E-state index is 13.8. The van der Waals surface area contributed by atoms with Crippen LogP contribution in [0.2, 0.25) is 0 Å². The van der Waals surface area contributed by atoms with Crippen molar-refractivity contribution >= 4 is 17.8 Å². The molecule has 1 saturated carbocycles. The highest BCUT2D eigenvalue weighted by molar-refractivity contribution is 5.87. The molecule has 3 aliphatic heterocycles. The number of hydrogen-bond acceptors (Lipinski definition) is 7. The smallest absolute Gasteiger partial charge is 0.416 e. The van der Waals surface area contributed by atoms with Gasteiger partial charge in [0.05, 0.1) is 36.3 Å². The molecule has 0 bridgehead atoms. The van der Waals surface area contributed by atoms with Crippen LogP contribution in [0.5, 0.6) is 0 Å². The van der Waals surface area contributed by atoms with E-state index in [1.165, 1.54) is 6.20 Å². The standard InChI is InChI=1S/C27H38F3N5O4/c1-4-39-25(37)34-10-7-20(22(16-34)38-3)32-19-5-8-26(14-19)17(2)21-15-33(11-12-35(21)24(26)36)23-13-18(6-9-31-23)27(28,29)30/h6,9,13,17,19-22,32H,4-5,7-8,10-12,14-16H2,1-3H3/t17?,19-,20?,21?,22?,26+/m1/s1. The molecule has 4 unspecified atom stereocenters. The molecule has 9 nitrogen and oxygen atoms in total. The normalized spacial score (nSPS) is 33.1. The van der Waals surface area contributed by atoms with Gasteiger partial charge in [-0.2, -0.15) is 13.2 Å². The van der Waals surface area contributed by atoms with Crippen LogP contribution < -0.4 is 10.2 Å². The first-order chi connectivity index (χ1) is 18.6. The minimum absolute atomic E-state index is 0.0642. The highest BCUT2D eigenvalue weighted by Crippen LogP contribution is 2.53. The summed E-state index contributed by atoms with van der Waals surface area (Å²) in [7, 11) is 1.65. The van der Waals surface area contributed by atoms with Crippen LogP contribution in [-0.4, -0.2) is 97.5 Å². The Bertz CT molecular complexity index is 1070. The van der Waals surface area contributed by atoms with Crippen LogP contribution in [0.15, 0.2) is 18.3 Å². The van der Waals surface area contributed by atoms with E-state index in [-0.39, 0.29) is 42.1 Å². The Balaban J connectivity index is 1.23. The fourth-order valence-electron chi connectivity index (χ4n) is 7.17. The molecule has 4 aliphatic rings. The van der Waals surface area contributed by atoms with E-state index in [4.69, 9.17) is 9.47 Å². The summed E-state index contributed by atoms with van der Waals surface area (Å²) in [5, 5.41) is 3.74. The van der Waals surface area contributed by atoms with Gasteiger partial charge in [0.1, 0.15) is 5.82 Å². The molecule has 5 rings (SSSR count). The molecular weight excluding hydrogens is 515 g/mol. The minimum atomic E-state index is -4.43. The minimum Gasteiger partial charge on any atom is -0.450 e. The van der Waals surface area contributed by atoms with E-state index in [0.717, 1.165) is 37.8 Å². The van der Waals surface area contributed by atoms with Crippen molar-refractivity contribution in [3.05, 3.63) is 23.9 Å². The fourth-order valence-corrected chi connectivity index (χ4v) is 7.17. The van der Waals surface area contributed by atoms with Gasteiger partial charge in [-0.25, -0.2) is 9.78 Å². The van der Waals surface area contributed by atoms with E-state index in [1.54, 1.807) is 18.9 Å². The van der Waals surface area contributed by atoms with Crippen LogP contribution in [0.1, 0.15) is 45.1 Å². The van der Waals surface area contributed by atoms with E-state index < -0.39 is 17.2 Å². The van der Waals surface area contributed by atoms with E-state index >= 15 is 0 Å². The summed E-state index contributed by atoms with van der Waals surface area (Å²) in [6.07, 6.45) is -0.626. The second-order valence-electron chi connectivity index (χ2n) is 11.3. The van der Waals surface area contributed by atoms with Gasteiger partial charge in [-0.3, -0.25) is 4.79 Å². The molecule has 1 N–H and O–H groups in total. The maximum Gasteiger partial charge on any atom is 0.416 e. The molecule has 4 heterocycles. The number of hydrogen-bond donors (Lipinski definition) is 1. The number of carbonyl (C=O) groups is 2. The lowest BCUT2D eigenvalue weighted by Crippen LogP contribution is -2.56. The van der Waals surface area contributed by atoms with Crippen molar-refractivity contribution in [1.82, 2.24) is 20.1 Å². The molecule has 1 spiro atoms. The number of nitrogens with one attached hydrogen (secondary N) is 1. The van der Waals surface area contributed by atoms with Crippen LogP contribution in [0.3, 0.4) is 0 Å². The summed E-state index contributed by atoms with van der Waals surface area (Å²) in [6.45, 7) is 6.67. The zero-order valence-corrected chi connectivity index (χ0v) is 22.7. The number of alkyl halides is 3. The molecule has 0 aromatic carbocycles. The largest absolute Gasteiger partial charge is 0.450 e. The third-order valence-electron chi connectivity index (χ3n) is 9.34. The van der Waals surface area contributed by atoms with Gasteiger partial charge in [0.15, 0.2) is 0 Å². The first-order valence-corrected chi connectivity index (χ1v) is 13.9. The number of anilines is 1. The first kappa shape index (κ1) is 27.9. The molecule has 3 saturated heterocycles. The summed E-state index contributed by atoms with van der Waals surface area (Å²) in [4.78, 5) is 35.7. The highest BCUT2D eigenvalue weighted by Gasteiger charge is 2.60. The number of halogens is 3. The van der Waals surface area contributed by atoms with Gasteiger partial charge in [-0.1, -0.05) is 6.92 Å². The van der Waals surface area contributed by atoms with Crippen LogP contribution in [0.25, 0.3) is 0 Å².